The standard InChI is InChI=1S/C21H29N3O3.ClH/c25-21(24-11-17-8-22-9-18(17)12-24)16-7-19(15-1-2-15)20(23-10-16)27-13-14-3-5-26-6-4-14;/h7,10,14-15,17-18,22H,1-6,8-9,11-13H2;1H/t17-,18-;/m0./s1. The second kappa shape index (κ2) is 8.56. The summed E-state index contributed by atoms with van der Waals surface area (Å²) in [5, 5.41) is 3.43. The zero-order valence-corrected chi connectivity index (χ0v) is 17.1. The number of fused-ring (bicyclic) bond motifs is 1. The summed E-state index contributed by atoms with van der Waals surface area (Å²) in [5.41, 5.74) is 1.86. The molecule has 2 atom stereocenters. The lowest BCUT2D eigenvalue weighted by molar-refractivity contribution is 0.0488. The van der Waals surface area contributed by atoms with Crippen molar-refractivity contribution in [2.75, 3.05) is 46.0 Å². The predicted molar refractivity (Wildman–Crippen MR) is 108 cm³/mol. The number of rotatable bonds is 5. The van der Waals surface area contributed by atoms with Gasteiger partial charge in [-0.25, -0.2) is 4.98 Å². The summed E-state index contributed by atoms with van der Waals surface area (Å²) in [6, 6.07) is 2.05. The van der Waals surface area contributed by atoms with Gasteiger partial charge >= 0.3 is 0 Å². The number of nitrogens with zero attached hydrogens (tertiary/aromatic N) is 2. The smallest absolute Gasteiger partial charge is 0.255 e. The molecule has 1 N–H and O–H groups in total. The number of carbonyl (C=O) groups excluding carboxylic acids is 1. The Balaban J connectivity index is 0.00000192. The molecule has 6 nitrogen and oxygen atoms in total. The van der Waals surface area contributed by atoms with Crippen LogP contribution in [0.2, 0.25) is 0 Å². The number of halogens is 1. The third-order valence-electron chi connectivity index (χ3n) is 6.62. The molecule has 4 aliphatic rings. The van der Waals surface area contributed by atoms with Gasteiger partial charge in [0.25, 0.3) is 5.91 Å². The van der Waals surface area contributed by atoms with Crippen molar-refractivity contribution in [3.8, 4) is 5.88 Å². The molecule has 3 aliphatic heterocycles. The molecule has 1 aromatic heterocycles. The fourth-order valence-corrected chi connectivity index (χ4v) is 4.71. The normalized spacial score (nSPS) is 27.4. The van der Waals surface area contributed by atoms with Crippen LogP contribution < -0.4 is 10.1 Å². The Morgan fingerprint density at radius 2 is 1.89 bits per heavy atom. The number of aromatic nitrogens is 1. The van der Waals surface area contributed by atoms with Crippen LogP contribution in [0.5, 0.6) is 5.88 Å². The van der Waals surface area contributed by atoms with Gasteiger partial charge in [0.2, 0.25) is 5.88 Å². The Morgan fingerprint density at radius 1 is 1.18 bits per heavy atom. The largest absolute Gasteiger partial charge is 0.477 e. The molecule has 5 rings (SSSR count). The molecule has 0 spiro atoms. The third-order valence-corrected chi connectivity index (χ3v) is 6.62. The van der Waals surface area contributed by atoms with Gasteiger partial charge in [-0.2, -0.15) is 0 Å². The van der Waals surface area contributed by atoms with Crippen LogP contribution in [0.3, 0.4) is 0 Å². The number of hydrogen-bond donors (Lipinski definition) is 1. The van der Waals surface area contributed by atoms with Gasteiger partial charge in [0.05, 0.1) is 12.2 Å². The van der Waals surface area contributed by atoms with E-state index in [1.807, 2.05) is 4.90 Å². The topological polar surface area (TPSA) is 63.7 Å². The van der Waals surface area contributed by atoms with E-state index in [9.17, 15) is 4.79 Å². The van der Waals surface area contributed by atoms with Crippen LogP contribution in [0.25, 0.3) is 0 Å². The van der Waals surface area contributed by atoms with Crippen molar-refractivity contribution in [3.05, 3.63) is 23.4 Å². The number of carbonyl (C=O) groups is 1. The minimum absolute atomic E-state index is 0. The van der Waals surface area contributed by atoms with Crippen LogP contribution in [0.1, 0.15) is 47.5 Å². The summed E-state index contributed by atoms with van der Waals surface area (Å²) in [4.78, 5) is 19.6. The second-order valence-corrected chi connectivity index (χ2v) is 8.65. The zero-order valence-electron chi connectivity index (χ0n) is 16.3. The molecule has 1 aliphatic carbocycles. The van der Waals surface area contributed by atoms with E-state index < -0.39 is 0 Å². The number of ether oxygens (including phenoxy) is 2. The molecular formula is C21H30ClN3O3. The van der Waals surface area contributed by atoms with Crippen molar-refractivity contribution in [1.29, 1.82) is 0 Å². The monoisotopic (exact) mass is 407 g/mol. The molecule has 7 heteroatoms. The number of likely N-dealkylation sites (tertiary alicyclic amines) is 1. The third kappa shape index (κ3) is 4.14. The first-order valence-electron chi connectivity index (χ1n) is 10.5. The van der Waals surface area contributed by atoms with Crippen molar-refractivity contribution in [2.45, 2.75) is 31.6 Å². The van der Waals surface area contributed by atoms with Crippen LogP contribution in [-0.4, -0.2) is 61.8 Å². The van der Waals surface area contributed by atoms with Gasteiger partial charge in [-0.15, -0.1) is 12.4 Å². The molecule has 0 unspecified atom stereocenters. The molecule has 0 bridgehead atoms. The van der Waals surface area contributed by atoms with Gasteiger partial charge < -0.3 is 19.7 Å². The van der Waals surface area contributed by atoms with Crippen molar-refractivity contribution in [1.82, 2.24) is 15.2 Å². The van der Waals surface area contributed by atoms with Gasteiger partial charge in [-0.05, 0) is 55.4 Å². The molecule has 4 heterocycles. The summed E-state index contributed by atoms with van der Waals surface area (Å²) in [7, 11) is 0. The van der Waals surface area contributed by atoms with Crippen LogP contribution >= 0.6 is 12.4 Å². The summed E-state index contributed by atoms with van der Waals surface area (Å²) in [6.07, 6.45) is 6.18. The maximum Gasteiger partial charge on any atom is 0.255 e. The van der Waals surface area contributed by atoms with E-state index in [-0.39, 0.29) is 18.3 Å². The fourth-order valence-electron chi connectivity index (χ4n) is 4.71. The minimum Gasteiger partial charge on any atom is -0.477 e. The van der Waals surface area contributed by atoms with Crippen molar-refractivity contribution >= 4 is 18.3 Å². The van der Waals surface area contributed by atoms with E-state index in [0.29, 0.717) is 30.3 Å². The lowest BCUT2D eigenvalue weighted by Crippen LogP contribution is -2.32. The first-order valence-corrected chi connectivity index (χ1v) is 10.5. The lowest BCUT2D eigenvalue weighted by atomic mass is 10.0. The molecule has 28 heavy (non-hydrogen) atoms. The Labute approximate surface area is 172 Å². The van der Waals surface area contributed by atoms with Gasteiger partial charge in [0, 0.05) is 51.2 Å². The van der Waals surface area contributed by atoms with E-state index in [2.05, 4.69) is 16.4 Å². The van der Waals surface area contributed by atoms with Crippen molar-refractivity contribution < 1.29 is 14.3 Å². The number of pyridine rings is 1. The SMILES string of the molecule is Cl.O=C(c1cnc(OCC2CCOCC2)c(C2CC2)c1)N1C[C@@H]2CNC[C@H]2C1. The van der Waals surface area contributed by atoms with Gasteiger partial charge in [0.15, 0.2) is 0 Å². The van der Waals surface area contributed by atoms with Crippen LogP contribution in [0.4, 0.5) is 0 Å². The molecule has 1 amide bonds. The molecule has 154 valence electrons. The molecule has 0 aromatic carbocycles. The van der Waals surface area contributed by atoms with E-state index in [4.69, 9.17) is 9.47 Å². The Bertz CT molecular complexity index is 694. The molecule has 3 saturated heterocycles. The highest BCUT2D eigenvalue weighted by Crippen LogP contribution is 2.44. The summed E-state index contributed by atoms with van der Waals surface area (Å²) >= 11 is 0. The highest BCUT2D eigenvalue weighted by atomic mass is 35.5. The number of amides is 1. The molecule has 0 radical (unpaired) electrons. The van der Waals surface area contributed by atoms with Crippen LogP contribution in [0, 0.1) is 17.8 Å². The minimum atomic E-state index is 0. The molecule has 1 aromatic rings. The van der Waals surface area contributed by atoms with Gasteiger partial charge in [0.1, 0.15) is 0 Å². The highest BCUT2D eigenvalue weighted by molar-refractivity contribution is 5.94. The maximum atomic E-state index is 13.0. The predicted octanol–water partition coefficient (Wildman–Crippen LogP) is 2.48. The van der Waals surface area contributed by atoms with Crippen LogP contribution in [0.15, 0.2) is 12.3 Å². The number of hydrogen-bond acceptors (Lipinski definition) is 5. The highest BCUT2D eigenvalue weighted by Gasteiger charge is 2.38. The molecule has 4 fully saturated rings. The first kappa shape index (κ1) is 19.9. The van der Waals surface area contributed by atoms with Crippen molar-refractivity contribution in [2.24, 2.45) is 17.8 Å². The average molecular weight is 408 g/mol. The van der Waals surface area contributed by atoms with Gasteiger partial charge in [-0.3, -0.25) is 4.79 Å². The zero-order chi connectivity index (χ0) is 18.2. The van der Waals surface area contributed by atoms with Crippen molar-refractivity contribution in [3.63, 3.8) is 0 Å². The van der Waals surface area contributed by atoms with E-state index >= 15 is 0 Å². The Kier molecular flexibility index (Phi) is 6.09. The Morgan fingerprint density at radius 3 is 2.57 bits per heavy atom. The maximum absolute atomic E-state index is 13.0. The summed E-state index contributed by atoms with van der Waals surface area (Å²) < 4.78 is 11.5. The second-order valence-electron chi connectivity index (χ2n) is 8.65. The number of nitrogens with one attached hydrogen (secondary N) is 1. The summed E-state index contributed by atoms with van der Waals surface area (Å²) in [5.74, 6) is 3.17. The molecular weight excluding hydrogens is 378 g/mol. The first-order chi connectivity index (χ1) is 13.3. The van der Waals surface area contributed by atoms with E-state index in [0.717, 1.165) is 69.2 Å². The lowest BCUT2D eigenvalue weighted by Gasteiger charge is -2.23. The fraction of sp³-hybridized carbons (Fsp3) is 0.714. The quantitative estimate of drug-likeness (QED) is 0.812. The van der Waals surface area contributed by atoms with E-state index in [1.165, 1.54) is 12.8 Å². The van der Waals surface area contributed by atoms with Gasteiger partial charge in [-0.1, -0.05) is 0 Å². The average Bonchev–Trinajstić information content (AvgIpc) is 3.33. The molecule has 1 saturated carbocycles. The van der Waals surface area contributed by atoms with Crippen LogP contribution in [-0.2, 0) is 4.74 Å². The Hall–Kier alpha value is -1.37. The van der Waals surface area contributed by atoms with E-state index in [1.54, 1.807) is 6.20 Å². The summed E-state index contributed by atoms with van der Waals surface area (Å²) in [6.45, 7) is 6.19.